The minimum atomic E-state index is -0.770. The average molecular weight is 956 g/mol. The van der Waals surface area contributed by atoms with E-state index in [-0.39, 0.29) is 25.2 Å². The van der Waals surface area contributed by atoms with Crippen LogP contribution >= 0.6 is 0 Å². The lowest BCUT2D eigenvalue weighted by atomic mass is 10.0. The molecule has 0 aliphatic carbocycles. The van der Waals surface area contributed by atoms with Crippen LogP contribution in [0.1, 0.15) is 335 Å². The van der Waals surface area contributed by atoms with Gasteiger partial charge in [0.1, 0.15) is 6.61 Å². The fourth-order valence-corrected chi connectivity index (χ4v) is 9.33. The molecule has 0 bridgehead atoms. The molecule has 0 saturated heterocycles. The van der Waals surface area contributed by atoms with Crippen LogP contribution in [0.2, 0.25) is 0 Å². The number of rotatable bonds is 57. The Balaban J connectivity index is 3.43. The van der Waals surface area contributed by atoms with Gasteiger partial charge in [-0.15, -0.1) is 0 Å². The molecule has 1 unspecified atom stereocenters. The van der Waals surface area contributed by atoms with E-state index in [2.05, 4.69) is 50.3 Å². The molecule has 68 heavy (non-hydrogen) atoms. The van der Waals surface area contributed by atoms with Crippen LogP contribution in [-0.4, -0.2) is 36.4 Å². The zero-order valence-corrected chi connectivity index (χ0v) is 45.9. The summed E-state index contributed by atoms with van der Waals surface area (Å²) in [4.78, 5) is 24.6. The standard InChI is InChI=1S/C63H118O5/c1-3-5-7-9-11-13-15-17-19-21-23-25-27-29-30-31-32-34-36-38-40-42-44-46-48-50-52-54-56-58-63(66)68-61(59-64)60-67-62(65)57-55-53-51-49-47-45-43-41-39-37-35-33-28-26-24-22-20-18-16-14-12-10-8-6-4-2/h15,17,21,23,27,29,61,64H,3-14,16,18-20,22,24-26,28,30-60H2,1-2H3/b17-15-,23-21-,29-27-. The van der Waals surface area contributed by atoms with Crippen molar-refractivity contribution in [2.45, 2.75) is 341 Å². The number of carbonyl (C=O) groups excluding carboxylic acids is 2. The molecule has 0 radical (unpaired) electrons. The van der Waals surface area contributed by atoms with Crippen molar-refractivity contribution in [3.63, 3.8) is 0 Å². The van der Waals surface area contributed by atoms with E-state index < -0.39 is 6.10 Å². The summed E-state index contributed by atoms with van der Waals surface area (Å²) in [6.07, 6.45) is 77.1. The highest BCUT2D eigenvalue weighted by molar-refractivity contribution is 5.70. The number of unbranched alkanes of at least 4 members (excludes halogenated alkanes) is 43. The fraction of sp³-hybridized carbons (Fsp3) is 0.873. The minimum Gasteiger partial charge on any atom is -0.462 e. The Morgan fingerprint density at radius 2 is 0.588 bits per heavy atom. The first-order valence-electron chi connectivity index (χ1n) is 30.5. The van der Waals surface area contributed by atoms with Crippen LogP contribution in [0.3, 0.4) is 0 Å². The summed E-state index contributed by atoms with van der Waals surface area (Å²) in [5, 5.41) is 9.67. The Labute approximate surface area is 425 Å². The molecule has 5 heteroatoms. The van der Waals surface area contributed by atoms with Gasteiger partial charge in [0.05, 0.1) is 6.61 Å². The van der Waals surface area contributed by atoms with E-state index in [4.69, 9.17) is 9.47 Å². The van der Waals surface area contributed by atoms with E-state index in [0.29, 0.717) is 12.8 Å². The molecular weight excluding hydrogens is 837 g/mol. The molecule has 0 heterocycles. The molecular formula is C63H118O5. The van der Waals surface area contributed by atoms with Crippen molar-refractivity contribution in [2.75, 3.05) is 13.2 Å². The van der Waals surface area contributed by atoms with Crippen molar-refractivity contribution in [2.24, 2.45) is 0 Å². The van der Waals surface area contributed by atoms with Crippen LogP contribution in [0.5, 0.6) is 0 Å². The van der Waals surface area contributed by atoms with Crippen LogP contribution in [-0.2, 0) is 19.1 Å². The first-order valence-corrected chi connectivity index (χ1v) is 30.5. The maximum absolute atomic E-state index is 12.3. The van der Waals surface area contributed by atoms with Gasteiger partial charge in [-0.05, 0) is 51.4 Å². The van der Waals surface area contributed by atoms with Gasteiger partial charge in [-0.1, -0.05) is 307 Å². The van der Waals surface area contributed by atoms with Crippen LogP contribution in [0.25, 0.3) is 0 Å². The van der Waals surface area contributed by atoms with Crippen molar-refractivity contribution < 1.29 is 24.2 Å². The average Bonchev–Trinajstić information content (AvgIpc) is 3.34. The highest BCUT2D eigenvalue weighted by Gasteiger charge is 2.16. The van der Waals surface area contributed by atoms with Crippen molar-refractivity contribution >= 4 is 11.9 Å². The molecule has 0 rings (SSSR count). The molecule has 0 spiro atoms. The lowest BCUT2D eigenvalue weighted by Gasteiger charge is -2.15. The van der Waals surface area contributed by atoms with E-state index in [1.54, 1.807) is 0 Å². The topological polar surface area (TPSA) is 72.8 Å². The van der Waals surface area contributed by atoms with Gasteiger partial charge in [-0.25, -0.2) is 0 Å². The summed E-state index contributed by atoms with van der Waals surface area (Å²) in [5.41, 5.74) is 0. The summed E-state index contributed by atoms with van der Waals surface area (Å²) < 4.78 is 10.7. The molecule has 400 valence electrons. The molecule has 1 atom stereocenters. The molecule has 0 aromatic rings. The van der Waals surface area contributed by atoms with E-state index in [1.165, 1.54) is 263 Å². The second-order valence-electron chi connectivity index (χ2n) is 20.8. The zero-order chi connectivity index (χ0) is 49.2. The Morgan fingerprint density at radius 3 is 0.882 bits per heavy atom. The van der Waals surface area contributed by atoms with E-state index in [0.717, 1.165) is 44.9 Å². The Morgan fingerprint density at radius 1 is 0.338 bits per heavy atom. The first kappa shape index (κ1) is 66.1. The van der Waals surface area contributed by atoms with Crippen molar-refractivity contribution in [1.82, 2.24) is 0 Å². The Hall–Kier alpha value is -1.88. The molecule has 5 nitrogen and oxygen atoms in total. The van der Waals surface area contributed by atoms with Crippen LogP contribution in [0.15, 0.2) is 36.5 Å². The number of aliphatic hydroxyl groups is 1. The largest absolute Gasteiger partial charge is 0.462 e. The number of carbonyl (C=O) groups is 2. The lowest BCUT2D eigenvalue weighted by Crippen LogP contribution is -2.28. The summed E-state index contributed by atoms with van der Waals surface area (Å²) in [5.74, 6) is -0.572. The van der Waals surface area contributed by atoms with Gasteiger partial charge in [0.2, 0.25) is 0 Å². The summed E-state index contributed by atoms with van der Waals surface area (Å²) >= 11 is 0. The Bertz CT molecular complexity index is 1080. The molecule has 1 N–H and O–H groups in total. The molecule has 0 aliphatic rings. The zero-order valence-electron chi connectivity index (χ0n) is 45.9. The van der Waals surface area contributed by atoms with E-state index in [1.807, 2.05) is 0 Å². The second-order valence-corrected chi connectivity index (χ2v) is 20.8. The number of allylic oxidation sites excluding steroid dienone is 6. The molecule has 0 aromatic heterocycles. The first-order chi connectivity index (χ1) is 33.6. The third kappa shape index (κ3) is 56.7. The number of esters is 2. The van der Waals surface area contributed by atoms with Crippen LogP contribution in [0, 0.1) is 0 Å². The molecule has 0 saturated carbocycles. The smallest absolute Gasteiger partial charge is 0.306 e. The van der Waals surface area contributed by atoms with Crippen molar-refractivity contribution in [3.8, 4) is 0 Å². The third-order valence-corrected chi connectivity index (χ3v) is 13.9. The van der Waals surface area contributed by atoms with Gasteiger partial charge in [0.25, 0.3) is 0 Å². The maximum Gasteiger partial charge on any atom is 0.306 e. The monoisotopic (exact) mass is 955 g/mol. The van der Waals surface area contributed by atoms with Gasteiger partial charge in [0.15, 0.2) is 6.10 Å². The van der Waals surface area contributed by atoms with Crippen LogP contribution < -0.4 is 0 Å². The summed E-state index contributed by atoms with van der Waals surface area (Å²) in [6, 6.07) is 0. The second kappa shape index (κ2) is 59.4. The highest BCUT2D eigenvalue weighted by atomic mass is 16.6. The number of hydrogen-bond donors (Lipinski definition) is 1. The van der Waals surface area contributed by atoms with Crippen LogP contribution in [0.4, 0.5) is 0 Å². The quantitative estimate of drug-likeness (QED) is 0.0374. The summed E-state index contributed by atoms with van der Waals surface area (Å²) in [6.45, 7) is 4.18. The van der Waals surface area contributed by atoms with Gasteiger partial charge < -0.3 is 14.6 Å². The number of aliphatic hydroxyl groups excluding tert-OH is 1. The van der Waals surface area contributed by atoms with Gasteiger partial charge in [0, 0.05) is 12.8 Å². The fourth-order valence-electron chi connectivity index (χ4n) is 9.33. The van der Waals surface area contributed by atoms with Crippen molar-refractivity contribution in [1.29, 1.82) is 0 Å². The number of hydrogen-bond acceptors (Lipinski definition) is 5. The van der Waals surface area contributed by atoms with Gasteiger partial charge in [-0.2, -0.15) is 0 Å². The third-order valence-electron chi connectivity index (χ3n) is 13.9. The van der Waals surface area contributed by atoms with E-state index in [9.17, 15) is 14.7 Å². The predicted octanol–water partition coefficient (Wildman–Crippen LogP) is 20.6. The van der Waals surface area contributed by atoms with E-state index >= 15 is 0 Å². The highest BCUT2D eigenvalue weighted by Crippen LogP contribution is 2.18. The molecule has 0 amide bonds. The SMILES string of the molecule is CCCCCCC/C=C\C/C=C\C/C=C\CCCCCCCCCCCCCCCCC(=O)OC(CO)COC(=O)CCCCCCCCCCCCCCCCCCCCCCCCCCC. The normalized spacial score (nSPS) is 12.3. The molecule has 0 aromatic carbocycles. The molecule has 0 aliphatic heterocycles. The van der Waals surface area contributed by atoms with Gasteiger partial charge in [-0.3, -0.25) is 9.59 Å². The summed E-state index contributed by atoms with van der Waals surface area (Å²) in [7, 11) is 0. The Kier molecular flexibility index (Phi) is 57.8. The van der Waals surface area contributed by atoms with Crippen molar-refractivity contribution in [3.05, 3.63) is 36.5 Å². The minimum absolute atomic E-state index is 0.0606. The van der Waals surface area contributed by atoms with Gasteiger partial charge >= 0.3 is 11.9 Å². The molecule has 0 fully saturated rings. The predicted molar refractivity (Wildman–Crippen MR) is 298 cm³/mol. The lowest BCUT2D eigenvalue weighted by molar-refractivity contribution is -0.161. The number of ether oxygens (including phenoxy) is 2. The maximum atomic E-state index is 12.3.